The van der Waals surface area contributed by atoms with Crippen LogP contribution in [0.1, 0.15) is 59.3 Å². The summed E-state index contributed by atoms with van der Waals surface area (Å²) < 4.78 is 0. The molecule has 2 N–H and O–H groups in total. The fourth-order valence-corrected chi connectivity index (χ4v) is 3.00. The van der Waals surface area contributed by atoms with Crippen LogP contribution in [0.4, 0.5) is 0 Å². The fourth-order valence-electron chi connectivity index (χ4n) is 3.00. The van der Waals surface area contributed by atoms with Crippen molar-refractivity contribution in [3.63, 3.8) is 0 Å². The monoisotopic (exact) mass is 197 g/mol. The summed E-state index contributed by atoms with van der Waals surface area (Å²) in [5, 5.41) is 0. The fraction of sp³-hybridized carbons (Fsp3) is 1.00. The van der Waals surface area contributed by atoms with Gasteiger partial charge in [0, 0.05) is 6.04 Å². The van der Waals surface area contributed by atoms with Crippen LogP contribution in [0.2, 0.25) is 0 Å². The number of hydrogen-bond acceptors (Lipinski definition) is 1. The van der Waals surface area contributed by atoms with Gasteiger partial charge in [-0.1, -0.05) is 40.0 Å². The maximum Gasteiger partial charge on any atom is 0.00440 e. The Morgan fingerprint density at radius 1 is 1.14 bits per heavy atom. The van der Waals surface area contributed by atoms with Crippen molar-refractivity contribution in [2.45, 2.75) is 65.3 Å². The molecular weight excluding hydrogens is 170 g/mol. The van der Waals surface area contributed by atoms with Crippen LogP contribution in [0.25, 0.3) is 0 Å². The van der Waals surface area contributed by atoms with Gasteiger partial charge in [0.1, 0.15) is 0 Å². The lowest BCUT2D eigenvalue weighted by Gasteiger charge is -2.22. The topological polar surface area (TPSA) is 26.0 Å². The lowest BCUT2D eigenvalue weighted by Crippen LogP contribution is -2.23. The minimum Gasteiger partial charge on any atom is -0.328 e. The molecule has 1 rings (SSSR count). The minimum atomic E-state index is 0.464. The van der Waals surface area contributed by atoms with Gasteiger partial charge in [0.15, 0.2) is 0 Å². The Kier molecular flexibility index (Phi) is 4.94. The number of nitrogens with two attached hydrogens (primary N) is 1. The van der Waals surface area contributed by atoms with Gasteiger partial charge in [-0.2, -0.15) is 0 Å². The Morgan fingerprint density at radius 3 is 2.50 bits per heavy atom. The molecule has 0 heterocycles. The lowest BCUT2D eigenvalue weighted by molar-refractivity contribution is 0.286. The zero-order chi connectivity index (χ0) is 10.6. The molecule has 14 heavy (non-hydrogen) atoms. The lowest BCUT2D eigenvalue weighted by atomic mass is 9.83. The van der Waals surface area contributed by atoms with Crippen LogP contribution in [-0.4, -0.2) is 6.04 Å². The largest absolute Gasteiger partial charge is 0.328 e. The standard InChI is InChI=1S/C13H27N/c1-4-5-6-12-7-10(2)8-13(14)9-11(12)3/h10-13H,4-9,14H2,1-3H3. The van der Waals surface area contributed by atoms with Crippen molar-refractivity contribution < 1.29 is 0 Å². The summed E-state index contributed by atoms with van der Waals surface area (Å²) in [6.45, 7) is 7.06. The second-order valence-corrected chi connectivity index (χ2v) is 5.45. The number of unbranched alkanes of at least 4 members (excludes halogenated alkanes) is 1. The molecule has 4 unspecified atom stereocenters. The summed E-state index contributed by atoms with van der Waals surface area (Å²) >= 11 is 0. The van der Waals surface area contributed by atoms with E-state index < -0.39 is 0 Å². The molecule has 0 aromatic heterocycles. The Labute approximate surface area is 89.5 Å². The molecule has 84 valence electrons. The third-order valence-electron chi connectivity index (χ3n) is 3.82. The van der Waals surface area contributed by atoms with Crippen LogP contribution >= 0.6 is 0 Å². The van der Waals surface area contributed by atoms with Crippen LogP contribution in [-0.2, 0) is 0 Å². The first-order chi connectivity index (χ1) is 6.63. The SMILES string of the molecule is CCCCC1CC(C)CC(N)CC1C. The molecule has 1 nitrogen and oxygen atoms in total. The van der Waals surface area contributed by atoms with Gasteiger partial charge < -0.3 is 5.73 Å². The molecule has 0 bridgehead atoms. The maximum atomic E-state index is 6.11. The molecule has 1 heteroatoms. The van der Waals surface area contributed by atoms with Crippen molar-refractivity contribution in [1.82, 2.24) is 0 Å². The molecule has 0 aromatic rings. The van der Waals surface area contributed by atoms with E-state index in [0.717, 1.165) is 17.8 Å². The Bertz CT molecular complexity index is 155. The normalized spacial score (nSPS) is 39.4. The quantitative estimate of drug-likeness (QED) is 0.688. The smallest absolute Gasteiger partial charge is 0.00440 e. The molecule has 1 fully saturated rings. The van der Waals surface area contributed by atoms with E-state index in [0.29, 0.717) is 6.04 Å². The van der Waals surface area contributed by atoms with Crippen LogP contribution in [0, 0.1) is 17.8 Å². The van der Waals surface area contributed by atoms with Crippen molar-refractivity contribution >= 4 is 0 Å². The molecule has 0 aromatic carbocycles. The minimum absolute atomic E-state index is 0.464. The summed E-state index contributed by atoms with van der Waals surface area (Å²) in [5.74, 6) is 2.64. The van der Waals surface area contributed by atoms with Gasteiger partial charge in [0.2, 0.25) is 0 Å². The zero-order valence-electron chi connectivity index (χ0n) is 10.1. The van der Waals surface area contributed by atoms with Gasteiger partial charge in [-0.25, -0.2) is 0 Å². The van der Waals surface area contributed by atoms with E-state index in [1.165, 1.54) is 38.5 Å². The van der Waals surface area contributed by atoms with Crippen molar-refractivity contribution in [3.05, 3.63) is 0 Å². The van der Waals surface area contributed by atoms with E-state index in [1.54, 1.807) is 0 Å². The number of hydrogen-bond donors (Lipinski definition) is 1. The molecule has 0 amide bonds. The highest BCUT2D eigenvalue weighted by Gasteiger charge is 2.26. The first-order valence-electron chi connectivity index (χ1n) is 6.39. The summed E-state index contributed by atoms with van der Waals surface area (Å²) in [6, 6.07) is 0.464. The van der Waals surface area contributed by atoms with Gasteiger partial charge in [-0.3, -0.25) is 0 Å². The summed E-state index contributed by atoms with van der Waals surface area (Å²) in [7, 11) is 0. The molecule has 0 saturated heterocycles. The van der Waals surface area contributed by atoms with E-state index in [9.17, 15) is 0 Å². The number of rotatable bonds is 3. The van der Waals surface area contributed by atoms with Crippen molar-refractivity contribution in [2.75, 3.05) is 0 Å². The Balaban J connectivity index is 2.46. The van der Waals surface area contributed by atoms with Crippen LogP contribution in [0.3, 0.4) is 0 Å². The van der Waals surface area contributed by atoms with E-state index in [2.05, 4.69) is 20.8 Å². The molecule has 1 aliphatic carbocycles. The molecule has 0 spiro atoms. The highest BCUT2D eigenvalue weighted by Crippen LogP contribution is 2.34. The molecule has 1 saturated carbocycles. The summed E-state index contributed by atoms with van der Waals surface area (Å²) in [6.07, 6.45) is 8.07. The Hall–Kier alpha value is -0.0400. The third kappa shape index (κ3) is 3.61. The van der Waals surface area contributed by atoms with Crippen molar-refractivity contribution in [3.8, 4) is 0 Å². The van der Waals surface area contributed by atoms with Gasteiger partial charge in [-0.15, -0.1) is 0 Å². The molecule has 0 radical (unpaired) electrons. The van der Waals surface area contributed by atoms with E-state index in [1.807, 2.05) is 0 Å². The predicted octanol–water partition coefficient (Wildman–Crippen LogP) is 3.58. The van der Waals surface area contributed by atoms with Crippen LogP contribution < -0.4 is 5.73 Å². The molecule has 4 atom stereocenters. The summed E-state index contributed by atoms with van der Waals surface area (Å²) in [5.41, 5.74) is 6.11. The highest BCUT2D eigenvalue weighted by molar-refractivity contribution is 4.80. The van der Waals surface area contributed by atoms with E-state index >= 15 is 0 Å². The summed E-state index contributed by atoms with van der Waals surface area (Å²) in [4.78, 5) is 0. The second kappa shape index (κ2) is 5.75. The predicted molar refractivity (Wildman–Crippen MR) is 63.2 cm³/mol. The van der Waals surface area contributed by atoms with E-state index in [4.69, 9.17) is 5.73 Å². The molecular formula is C13H27N. The second-order valence-electron chi connectivity index (χ2n) is 5.45. The van der Waals surface area contributed by atoms with Gasteiger partial charge in [0.05, 0.1) is 0 Å². The highest BCUT2D eigenvalue weighted by atomic mass is 14.6. The zero-order valence-corrected chi connectivity index (χ0v) is 10.1. The van der Waals surface area contributed by atoms with Crippen LogP contribution in [0.5, 0.6) is 0 Å². The average molecular weight is 197 g/mol. The van der Waals surface area contributed by atoms with Gasteiger partial charge in [0.25, 0.3) is 0 Å². The Morgan fingerprint density at radius 2 is 1.86 bits per heavy atom. The average Bonchev–Trinajstić information content (AvgIpc) is 2.21. The molecule has 1 aliphatic rings. The van der Waals surface area contributed by atoms with E-state index in [-0.39, 0.29) is 0 Å². The van der Waals surface area contributed by atoms with Crippen LogP contribution in [0.15, 0.2) is 0 Å². The van der Waals surface area contributed by atoms with Gasteiger partial charge in [-0.05, 0) is 37.0 Å². The maximum absolute atomic E-state index is 6.11. The molecule has 0 aliphatic heterocycles. The third-order valence-corrected chi connectivity index (χ3v) is 3.82. The van der Waals surface area contributed by atoms with Crippen molar-refractivity contribution in [2.24, 2.45) is 23.5 Å². The van der Waals surface area contributed by atoms with Gasteiger partial charge >= 0.3 is 0 Å². The first-order valence-corrected chi connectivity index (χ1v) is 6.39. The first kappa shape index (κ1) is 12.0. The van der Waals surface area contributed by atoms with Crippen molar-refractivity contribution in [1.29, 1.82) is 0 Å².